The molecule has 0 aliphatic carbocycles. The summed E-state index contributed by atoms with van der Waals surface area (Å²) in [5, 5.41) is 0. The molecule has 3 heterocycles. The Morgan fingerprint density at radius 3 is 2.36 bits per heavy atom. The zero-order valence-electron chi connectivity index (χ0n) is 12.9. The highest BCUT2D eigenvalue weighted by Gasteiger charge is 2.21. The quantitative estimate of drug-likeness (QED) is 0.901. The van der Waals surface area contributed by atoms with Crippen LogP contribution in [-0.2, 0) is 6.42 Å². The van der Waals surface area contributed by atoms with Gasteiger partial charge in [0.1, 0.15) is 0 Å². The first kappa shape index (κ1) is 14.5. The van der Waals surface area contributed by atoms with Crippen molar-refractivity contribution >= 4 is 11.9 Å². The number of nitrogens with one attached hydrogen (secondary N) is 1. The molecule has 0 radical (unpaired) electrons. The van der Waals surface area contributed by atoms with Gasteiger partial charge in [-0.25, -0.2) is 15.0 Å². The number of anilines is 2. The number of aromatic amines is 1. The molecule has 7 heteroatoms. The van der Waals surface area contributed by atoms with Crippen LogP contribution in [0.3, 0.4) is 0 Å². The summed E-state index contributed by atoms with van der Waals surface area (Å²) in [4.78, 5) is 32.3. The summed E-state index contributed by atoms with van der Waals surface area (Å²) in [5.74, 6) is 1.41. The zero-order chi connectivity index (χ0) is 15.5. The maximum atomic E-state index is 12.1. The van der Waals surface area contributed by atoms with Crippen molar-refractivity contribution in [3.63, 3.8) is 0 Å². The van der Waals surface area contributed by atoms with Crippen molar-refractivity contribution in [3.8, 4) is 0 Å². The van der Waals surface area contributed by atoms with Crippen LogP contribution in [-0.4, -0.2) is 46.1 Å². The molecule has 0 saturated carbocycles. The fourth-order valence-electron chi connectivity index (χ4n) is 2.73. The first-order chi connectivity index (χ1) is 10.7. The lowest BCUT2D eigenvalue weighted by atomic mass is 10.2. The van der Waals surface area contributed by atoms with Crippen LogP contribution in [0.5, 0.6) is 0 Å². The molecule has 1 saturated heterocycles. The molecule has 0 amide bonds. The second-order valence-corrected chi connectivity index (χ2v) is 5.33. The van der Waals surface area contributed by atoms with Crippen molar-refractivity contribution in [2.24, 2.45) is 0 Å². The molecule has 3 rings (SSSR count). The number of hydrogen-bond donors (Lipinski definition) is 1. The molecule has 0 unspecified atom stereocenters. The van der Waals surface area contributed by atoms with Crippen LogP contribution in [0.2, 0.25) is 0 Å². The number of nitrogens with zero attached hydrogens (tertiary/aromatic N) is 5. The molecule has 1 fully saturated rings. The van der Waals surface area contributed by atoms with Crippen LogP contribution in [0.4, 0.5) is 11.9 Å². The van der Waals surface area contributed by atoms with Gasteiger partial charge in [-0.3, -0.25) is 9.78 Å². The minimum absolute atomic E-state index is 0.0289. The van der Waals surface area contributed by atoms with Gasteiger partial charge in [-0.2, -0.15) is 0 Å². The fourth-order valence-corrected chi connectivity index (χ4v) is 2.73. The first-order valence-corrected chi connectivity index (χ1v) is 7.55. The third-order valence-electron chi connectivity index (χ3n) is 3.98. The van der Waals surface area contributed by atoms with E-state index in [-0.39, 0.29) is 5.56 Å². The zero-order valence-corrected chi connectivity index (χ0v) is 12.9. The summed E-state index contributed by atoms with van der Waals surface area (Å²) in [6, 6.07) is 1.81. The molecule has 2 aromatic heterocycles. The van der Waals surface area contributed by atoms with Crippen LogP contribution in [0, 0.1) is 6.92 Å². The predicted octanol–water partition coefficient (Wildman–Crippen LogP) is 0.757. The molecule has 0 bridgehead atoms. The average molecular weight is 300 g/mol. The number of H-pyrrole nitrogens is 1. The summed E-state index contributed by atoms with van der Waals surface area (Å²) in [6.07, 6.45) is 4.20. The molecular formula is C15H20N6O. The molecule has 2 aromatic rings. The minimum atomic E-state index is -0.0289. The summed E-state index contributed by atoms with van der Waals surface area (Å²) < 4.78 is 0. The fraction of sp³-hybridized carbons (Fsp3) is 0.467. The molecule has 1 aliphatic heterocycles. The molecular weight excluding hydrogens is 280 g/mol. The number of aryl methyl sites for hydroxylation is 1. The van der Waals surface area contributed by atoms with E-state index in [1.807, 2.05) is 19.9 Å². The van der Waals surface area contributed by atoms with Crippen LogP contribution in [0.15, 0.2) is 23.3 Å². The van der Waals surface area contributed by atoms with E-state index in [0.29, 0.717) is 12.4 Å². The summed E-state index contributed by atoms with van der Waals surface area (Å²) in [7, 11) is 0. The molecule has 7 nitrogen and oxygen atoms in total. The number of rotatable bonds is 3. The monoisotopic (exact) mass is 300 g/mol. The minimum Gasteiger partial charge on any atom is -0.339 e. The topological polar surface area (TPSA) is 78.0 Å². The van der Waals surface area contributed by atoms with Crippen molar-refractivity contribution in [1.82, 2.24) is 19.9 Å². The van der Waals surface area contributed by atoms with Gasteiger partial charge in [0.2, 0.25) is 11.9 Å². The lowest BCUT2D eigenvalue weighted by Crippen LogP contribution is -2.48. The average Bonchev–Trinajstić information content (AvgIpc) is 2.55. The van der Waals surface area contributed by atoms with Gasteiger partial charge < -0.3 is 9.80 Å². The van der Waals surface area contributed by atoms with Gasteiger partial charge in [-0.1, -0.05) is 6.92 Å². The second kappa shape index (κ2) is 6.13. The Hall–Kier alpha value is -2.44. The Kier molecular flexibility index (Phi) is 4.04. The molecule has 0 atom stereocenters. The van der Waals surface area contributed by atoms with E-state index in [2.05, 4.69) is 29.7 Å². The predicted molar refractivity (Wildman–Crippen MR) is 85.4 cm³/mol. The van der Waals surface area contributed by atoms with Crippen molar-refractivity contribution in [3.05, 3.63) is 40.1 Å². The van der Waals surface area contributed by atoms with Gasteiger partial charge >= 0.3 is 0 Å². The smallest absolute Gasteiger partial charge is 0.255 e. The van der Waals surface area contributed by atoms with Gasteiger partial charge in [0.05, 0.1) is 0 Å². The van der Waals surface area contributed by atoms with Crippen molar-refractivity contribution in [2.75, 3.05) is 36.0 Å². The molecule has 1 aliphatic rings. The summed E-state index contributed by atoms with van der Waals surface area (Å²) in [6.45, 7) is 7.05. The van der Waals surface area contributed by atoms with Gasteiger partial charge in [0, 0.05) is 49.8 Å². The van der Waals surface area contributed by atoms with Crippen molar-refractivity contribution in [1.29, 1.82) is 0 Å². The van der Waals surface area contributed by atoms with Gasteiger partial charge in [0.25, 0.3) is 5.56 Å². The van der Waals surface area contributed by atoms with Crippen LogP contribution >= 0.6 is 0 Å². The molecule has 116 valence electrons. The van der Waals surface area contributed by atoms with Crippen LogP contribution in [0.25, 0.3) is 0 Å². The molecule has 0 spiro atoms. The summed E-state index contributed by atoms with van der Waals surface area (Å²) in [5.41, 5.74) is 1.55. The van der Waals surface area contributed by atoms with Crippen LogP contribution < -0.4 is 15.4 Å². The highest BCUT2D eigenvalue weighted by molar-refractivity contribution is 5.38. The van der Waals surface area contributed by atoms with E-state index in [9.17, 15) is 4.79 Å². The highest BCUT2D eigenvalue weighted by Crippen LogP contribution is 2.14. The van der Waals surface area contributed by atoms with Crippen LogP contribution in [0.1, 0.15) is 18.2 Å². The SMILES string of the molecule is CCc1c(C)nc(N2CCN(c3ncccn3)CC2)[nH]c1=O. The lowest BCUT2D eigenvalue weighted by Gasteiger charge is -2.35. The van der Waals surface area contributed by atoms with E-state index >= 15 is 0 Å². The normalized spacial score (nSPS) is 15.2. The van der Waals surface area contributed by atoms with E-state index in [1.54, 1.807) is 12.4 Å². The Morgan fingerprint density at radius 1 is 1.14 bits per heavy atom. The van der Waals surface area contributed by atoms with Crippen molar-refractivity contribution in [2.45, 2.75) is 20.3 Å². The Morgan fingerprint density at radius 2 is 1.77 bits per heavy atom. The molecule has 1 N–H and O–H groups in total. The molecule has 22 heavy (non-hydrogen) atoms. The Bertz CT molecular complexity index is 691. The lowest BCUT2D eigenvalue weighted by molar-refractivity contribution is 0.625. The van der Waals surface area contributed by atoms with Gasteiger partial charge in [0.15, 0.2) is 0 Å². The largest absolute Gasteiger partial charge is 0.339 e. The number of hydrogen-bond acceptors (Lipinski definition) is 6. The maximum Gasteiger partial charge on any atom is 0.255 e. The van der Waals surface area contributed by atoms with E-state index in [0.717, 1.165) is 43.4 Å². The standard InChI is InChI=1S/C15H20N6O/c1-3-12-11(2)18-15(19-13(12)22)21-9-7-20(8-10-21)14-16-5-4-6-17-14/h4-6H,3,7-10H2,1-2H3,(H,18,19,22). The van der Waals surface area contributed by atoms with Crippen molar-refractivity contribution < 1.29 is 0 Å². The van der Waals surface area contributed by atoms with E-state index in [1.165, 1.54) is 0 Å². The highest BCUT2D eigenvalue weighted by atomic mass is 16.1. The third-order valence-corrected chi connectivity index (χ3v) is 3.98. The van der Waals surface area contributed by atoms with E-state index < -0.39 is 0 Å². The number of aromatic nitrogens is 4. The van der Waals surface area contributed by atoms with Gasteiger partial charge in [-0.05, 0) is 19.4 Å². The molecule has 0 aromatic carbocycles. The summed E-state index contributed by atoms with van der Waals surface area (Å²) >= 11 is 0. The van der Waals surface area contributed by atoms with Gasteiger partial charge in [-0.15, -0.1) is 0 Å². The number of piperazine rings is 1. The maximum absolute atomic E-state index is 12.1. The second-order valence-electron chi connectivity index (χ2n) is 5.33. The van der Waals surface area contributed by atoms with E-state index in [4.69, 9.17) is 0 Å². The Balaban J connectivity index is 1.73. The first-order valence-electron chi connectivity index (χ1n) is 7.55. The Labute approximate surface area is 129 Å². The third kappa shape index (κ3) is 2.79.